The summed E-state index contributed by atoms with van der Waals surface area (Å²) in [4.78, 5) is 0. The second-order valence-electron chi connectivity index (χ2n) is 5.79. The third-order valence-corrected chi connectivity index (χ3v) is 5.24. The Hall–Kier alpha value is -0.0800. The molecule has 2 atom stereocenters. The molecule has 2 unspecified atom stereocenters. The third kappa shape index (κ3) is 3.08. The SMILES string of the molecule is CCNC1CC(OCC(CC)CC)C1(CC)CC. The van der Waals surface area contributed by atoms with Crippen LogP contribution in [-0.2, 0) is 4.74 Å². The molecular weight excluding hydrogens is 222 g/mol. The largest absolute Gasteiger partial charge is 0.377 e. The van der Waals surface area contributed by atoms with E-state index in [1.807, 2.05) is 0 Å². The molecule has 0 aliphatic heterocycles. The van der Waals surface area contributed by atoms with Crippen molar-refractivity contribution in [2.45, 2.75) is 78.9 Å². The van der Waals surface area contributed by atoms with Gasteiger partial charge in [0.2, 0.25) is 0 Å². The molecule has 1 aliphatic carbocycles. The summed E-state index contributed by atoms with van der Waals surface area (Å²) in [6.07, 6.45) is 6.63. The fourth-order valence-corrected chi connectivity index (χ4v) is 3.49. The quantitative estimate of drug-likeness (QED) is 0.672. The van der Waals surface area contributed by atoms with Crippen molar-refractivity contribution in [3.63, 3.8) is 0 Å². The van der Waals surface area contributed by atoms with Crippen molar-refractivity contribution >= 4 is 0 Å². The monoisotopic (exact) mass is 255 g/mol. The summed E-state index contributed by atoms with van der Waals surface area (Å²) in [5.74, 6) is 0.745. The molecule has 108 valence electrons. The highest BCUT2D eigenvalue weighted by atomic mass is 16.5. The Morgan fingerprint density at radius 1 is 1.11 bits per heavy atom. The molecule has 0 saturated heterocycles. The summed E-state index contributed by atoms with van der Waals surface area (Å²) >= 11 is 0. The van der Waals surface area contributed by atoms with E-state index in [1.54, 1.807) is 0 Å². The lowest BCUT2D eigenvalue weighted by Crippen LogP contribution is -2.63. The Morgan fingerprint density at radius 2 is 1.72 bits per heavy atom. The Morgan fingerprint density at radius 3 is 2.17 bits per heavy atom. The molecule has 2 heteroatoms. The zero-order valence-corrected chi connectivity index (χ0v) is 13.1. The van der Waals surface area contributed by atoms with Crippen LogP contribution in [0.15, 0.2) is 0 Å². The Bertz CT molecular complexity index is 221. The first kappa shape index (κ1) is 16.0. The number of hydrogen-bond donors (Lipinski definition) is 1. The van der Waals surface area contributed by atoms with Crippen LogP contribution in [0.5, 0.6) is 0 Å². The van der Waals surface area contributed by atoms with Gasteiger partial charge in [-0.05, 0) is 31.7 Å². The van der Waals surface area contributed by atoms with Crippen LogP contribution in [-0.4, -0.2) is 25.3 Å². The minimum Gasteiger partial charge on any atom is -0.377 e. The van der Waals surface area contributed by atoms with E-state index >= 15 is 0 Å². The maximum atomic E-state index is 6.26. The zero-order chi connectivity index (χ0) is 13.6. The van der Waals surface area contributed by atoms with Gasteiger partial charge in [0.15, 0.2) is 0 Å². The van der Waals surface area contributed by atoms with Gasteiger partial charge in [0, 0.05) is 18.1 Å². The Balaban J connectivity index is 2.51. The smallest absolute Gasteiger partial charge is 0.0661 e. The summed E-state index contributed by atoms with van der Waals surface area (Å²) in [7, 11) is 0. The van der Waals surface area contributed by atoms with Crippen molar-refractivity contribution in [2.24, 2.45) is 11.3 Å². The first-order valence-electron chi connectivity index (χ1n) is 8.03. The summed E-state index contributed by atoms with van der Waals surface area (Å²) in [6, 6.07) is 0.671. The van der Waals surface area contributed by atoms with Gasteiger partial charge >= 0.3 is 0 Å². The van der Waals surface area contributed by atoms with E-state index in [2.05, 4.69) is 39.9 Å². The molecule has 1 rings (SSSR count). The molecule has 0 aromatic heterocycles. The van der Waals surface area contributed by atoms with Crippen molar-refractivity contribution in [3.05, 3.63) is 0 Å². The minimum absolute atomic E-state index is 0.391. The van der Waals surface area contributed by atoms with Crippen LogP contribution >= 0.6 is 0 Å². The summed E-state index contributed by atoms with van der Waals surface area (Å²) in [5, 5.41) is 3.64. The van der Waals surface area contributed by atoms with Gasteiger partial charge in [-0.2, -0.15) is 0 Å². The van der Waals surface area contributed by atoms with Crippen LogP contribution in [0.25, 0.3) is 0 Å². The number of ether oxygens (including phenoxy) is 1. The third-order valence-electron chi connectivity index (χ3n) is 5.24. The number of rotatable bonds is 9. The maximum Gasteiger partial charge on any atom is 0.0661 e. The van der Waals surface area contributed by atoms with Crippen molar-refractivity contribution in [2.75, 3.05) is 13.2 Å². The van der Waals surface area contributed by atoms with E-state index in [-0.39, 0.29) is 0 Å². The molecule has 0 aromatic carbocycles. The highest BCUT2D eigenvalue weighted by molar-refractivity contribution is 5.06. The average Bonchev–Trinajstić information content (AvgIpc) is 2.39. The van der Waals surface area contributed by atoms with E-state index in [4.69, 9.17) is 4.74 Å². The second-order valence-corrected chi connectivity index (χ2v) is 5.79. The van der Waals surface area contributed by atoms with E-state index < -0.39 is 0 Å². The van der Waals surface area contributed by atoms with Gasteiger partial charge in [-0.25, -0.2) is 0 Å². The molecule has 0 radical (unpaired) electrons. The first-order chi connectivity index (χ1) is 8.68. The van der Waals surface area contributed by atoms with Gasteiger partial charge in [0.05, 0.1) is 6.10 Å². The van der Waals surface area contributed by atoms with Crippen LogP contribution in [0.3, 0.4) is 0 Å². The molecule has 1 aliphatic rings. The van der Waals surface area contributed by atoms with Gasteiger partial charge in [-0.15, -0.1) is 0 Å². The van der Waals surface area contributed by atoms with Gasteiger partial charge in [-0.3, -0.25) is 0 Å². The van der Waals surface area contributed by atoms with Crippen LogP contribution in [0.1, 0.15) is 66.7 Å². The van der Waals surface area contributed by atoms with Gasteiger partial charge in [0.25, 0.3) is 0 Å². The molecular formula is C16H33NO. The summed E-state index contributed by atoms with van der Waals surface area (Å²) in [5.41, 5.74) is 0.391. The summed E-state index contributed by atoms with van der Waals surface area (Å²) in [6.45, 7) is 13.4. The fraction of sp³-hybridized carbons (Fsp3) is 1.00. The molecule has 2 nitrogen and oxygen atoms in total. The predicted molar refractivity (Wildman–Crippen MR) is 78.9 cm³/mol. The normalized spacial score (nSPS) is 26.3. The molecule has 1 N–H and O–H groups in total. The predicted octanol–water partition coefficient (Wildman–Crippen LogP) is 4.00. The number of hydrogen-bond acceptors (Lipinski definition) is 2. The lowest BCUT2D eigenvalue weighted by Gasteiger charge is -2.56. The molecule has 18 heavy (non-hydrogen) atoms. The van der Waals surface area contributed by atoms with Crippen molar-refractivity contribution < 1.29 is 4.74 Å². The zero-order valence-electron chi connectivity index (χ0n) is 13.1. The van der Waals surface area contributed by atoms with E-state index in [9.17, 15) is 0 Å². The van der Waals surface area contributed by atoms with Crippen LogP contribution in [0.2, 0.25) is 0 Å². The molecule has 1 saturated carbocycles. The first-order valence-corrected chi connectivity index (χ1v) is 8.03. The molecule has 0 amide bonds. The molecule has 0 spiro atoms. The molecule has 0 heterocycles. The number of nitrogens with one attached hydrogen (secondary N) is 1. The highest BCUT2D eigenvalue weighted by Crippen LogP contribution is 2.49. The lowest BCUT2D eigenvalue weighted by molar-refractivity contribution is -0.147. The van der Waals surface area contributed by atoms with Crippen molar-refractivity contribution in [1.29, 1.82) is 0 Å². The van der Waals surface area contributed by atoms with Crippen LogP contribution < -0.4 is 5.32 Å². The van der Waals surface area contributed by atoms with Gasteiger partial charge in [0.1, 0.15) is 0 Å². The molecule has 1 fully saturated rings. The Labute approximate surface area is 114 Å². The molecule has 0 bridgehead atoms. The average molecular weight is 255 g/mol. The van der Waals surface area contributed by atoms with Crippen molar-refractivity contribution in [3.8, 4) is 0 Å². The van der Waals surface area contributed by atoms with Gasteiger partial charge in [-0.1, -0.05) is 47.5 Å². The lowest BCUT2D eigenvalue weighted by atomic mass is 9.58. The van der Waals surface area contributed by atoms with Gasteiger partial charge < -0.3 is 10.1 Å². The Kier molecular flexibility index (Phi) is 6.65. The standard InChI is InChI=1S/C16H33NO/c1-6-13(7-2)12-18-15-11-14(17-10-5)16(15,8-3)9-4/h13-15,17H,6-12H2,1-5H3. The second kappa shape index (κ2) is 7.49. The van der Waals surface area contributed by atoms with E-state index in [0.29, 0.717) is 17.6 Å². The van der Waals surface area contributed by atoms with E-state index in [1.165, 1.54) is 32.1 Å². The van der Waals surface area contributed by atoms with Crippen LogP contribution in [0.4, 0.5) is 0 Å². The summed E-state index contributed by atoms with van der Waals surface area (Å²) < 4.78 is 6.26. The van der Waals surface area contributed by atoms with Crippen molar-refractivity contribution in [1.82, 2.24) is 5.32 Å². The maximum absolute atomic E-state index is 6.26. The van der Waals surface area contributed by atoms with E-state index in [0.717, 1.165) is 19.1 Å². The topological polar surface area (TPSA) is 21.3 Å². The minimum atomic E-state index is 0.391. The highest BCUT2D eigenvalue weighted by Gasteiger charge is 2.52. The van der Waals surface area contributed by atoms with Crippen LogP contribution in [0, 0.1) is 11.3 Å². The molecule has 0 aromatic rings. The fourth-order valence-electron chi connectivity index (χ4n) is 3.49.